The Bertz CT molecular complexity index is 1200. The molecule has 0 spiro atoms. The van der Waals surface area contributed by atoms with E-state index in [0.717, 1.165) is 16.3 Å². The molecule has 1 N–H and O–H groups in total. The predicted octanol–water partition coefficient (Wildman–Crippen LogP) is 1.58. The Balaban J connectivity index is 0.00000256. The number of ketones is 1. The second-order valence-electron chi connectivity index (χ2n) is 7.17. The van der Waals surface area contributed by atoms with Crippen LogP contribution in [-0.4, -0.2) is 16.5 Å². The van der Waals surface area contributed by atoms with Gasteiger partial charge in [0.05, 0.1) is 0 Å². The second-order valence-corrected chi connectivity index (χ2v) is 8.30. The Morgan fingerprint density at radius 1 is 1.03 bits per heavy atom. The second kappa shape index (κ2) is 8.72. The first-order valence-corrected chi connectivity index (χ1v) is 10.5. The summed E-state index contributed by atoms with van der Waals surface area (Å²) in [6, 6.07) is 17.8. The summed E-state index contributed by atoms with van der Waals surface area (Å²) in [7, 11) is -2.99. The topological polar surface area (TPSA) is 77.4 Å². The molecule has 0 amide bonds. The maximum atomic E-state index is 14.2. The minimum atomic E-state index is -2.99. The van der Waals surface area contributed by atoms with Crippen molar-refractivity contribution in [2.75, 3.05) is 0 Å². The molecule has 0 aromatic heterocycles. The number of benzene rings is 3. The number of rotatable bonds is 4. The summed E-state index contributed by atoms with van der Waals surface area (Å²) in [6.45, 7) is 1.84. The third kappa shape index (κ3) is 3.47. The number of fused-ring (bicyclic) bond motifs is 1. The summed E-state index contributed by atoms with van der Waals surface area (Å²) in [5.74, 6) is -0.460. The molecule has 0 fully saturated rings. The van der Waals surface area contributed by atoms with E-state index in [9.17, 15) is 19.4 Å². The maximum absolute atomic E-state index is 14.2. The summed E-state index contributed by atoms with van der Waals surface area (Å²) < 4.78 is 12.3. The summed E-state index contributed by atoms with van der Waals surface area (Å²) in [4.78, 5) is 26.4. The number of Topliss-reactive ketones (excluding diaryl/α,β-unsaturated/α-hetero) is 1. The van der Waals surface area contributed by atoms with Gasteiger partial charge in [-0.15, -0.1) is 0 Å². The van der Waals surface area contributed by atoms with Crippen molar-refractivity contribution in [3.05, 3.63) is 102 Å². The number of carbonyl (C=O) groups is 1. The maximum Gasteiger partial charge on any atom is 1.00 e. The van der Waals surface area contributed by atoms with Gasteiger partial charge >= 0.3 is 26.9 Å². The first kappa shape index (κ1) is 22.2. The van der Waals surface area contributed by atoms with Crippen LogP contribution < -0.4 is 23.8 Å². The van der Waals surface area contributed by atoms with Crippen molar-refractivity contribution in [2.24, 2.45) is 0 Å². The smallest absolute Gasteiger partial charge is 0.595 e. The van der Waals surface area contributed by atoms with Crippen LogP contribution in [0.1, 0.15) is 21.5 Å². The molecular weight excluding hydrogens is 390 g/mol. The monoisotopic (exact) mass is 409 g/mol. The quantitative estimate of drug-likeness (QED) is 0.403. The Morgan fingerprint density at radius 2 is 1.73 bits per heavy atom. The fourth-order valence-electron chi connectivity index (χ4n) is 4.16. The minimum absolute atomic E-state index is 0. The third-order valence-corrected chi connectivity index (χ3v) is 6.58. The molecule has 30 heavy (non-hydrogen) atoms. The van der Waals surface area contributed by atoms with Crippen molar-refractivity contribution in [3.63, 3.8) is 0 Å². The molecule has 0 saturated carbocycles. The van der Waals surface area contributed by atoms with Gasteiger partial charge in [-0.2, -0.15) is 0 Å². The molecule has 0 bridgehead atoms. The van der Waals surface area contributed by atoms with Crippen molar-refractivity contribution in [1.82, 2.24) is 0 Å². The van der Waals surface area contributed by atoms with E-state index in [1.807, 2.05) is 43.3 Å². The summed E-state index contributed by atoms with van der Waals surface area (Å²) in [6.07, 6.45) is 6.40. The number of aromatic hydroxyl groups is 1. The van der Waals surface area contributed by atoms with Crippen molar-refractivity contribution in [2.45, 2.75) is 18.0 Å². The van der Waals surface area contributed by atoms with Crippen LogP contribution in [0.15, 0.2) is 85.0 Å². The minimum Gasteiger partial charge on any atom is -0.595 e. The van der Waals surface area contributed by atoms with E-state index in [-0.39, 0.29) is 36.0 Å². The molecule has 0 saturated heterocycles. The fraction of sp³-hybridized carbons (Fsp3) is 0.125. The SMILES string of the molecule is Cc1ccc2ccccc2c1C(=O)C1(c2ccccc2O)C=CC=CC1[P+](=O)[O-].[Li+]. The van der Waals surface area contributed by atoms with Crippen LogP contribution in [0.5, 0.6) is 5.75 Å². The van der Waals surface area contributed by atoms with E-state index in [1.165, 1.54) is 12.1 Å². The third-order valence-electron chi connectivity index (χ3n) is 5.55. The zero-order chi connectivity index (χ0) is 20.6. The van der Waals surface area contributed by atoms with Crippen LogP contribution in [0.25, 0.3) is 10.8 Å². The van der Waals surface area contributed by atoms with Crippen molar-refractivity contribution < 1.29 is 38.2 Å². The van der Waals surface area contributed by atoms with Crippen molar-refractivity contribution in [1.29, 1.82) is 0 Å². The largest absolute Gasteiger partial charge is 1.00 e. The van der Waals surface area contributed by atoms with Crippen molar-refractivity contribution in [3.8, 4) is 5.75 Å². The molecule has 144 valence electrons. The van der Waals surface area contributed by atoms with E-state index in [0.29, 0.717) is 5.56 Å². The molecule has 1 aliphatic rings. The Kier molecular flexibility index (Phi) is 6.46. The van der Waals surface area contributed by atoms with Gasteiger partial charge in [-0.3, -0.25) is 4.79 Å². The van der Waals surface area contributed by atoms with Crippen LogP contribution in [0, 0.1) is 6.92 Å². The first-order valence-electron chi connectivity index (χ1n) is 9.28. The number of hydrogen-bond acceptors (Lipinski definition) is 4. The van der Waals surface area contributed by atoms with Gasteiger partial charge in [0, 0.05) is 11.1 Å². The molecule has 4 nitrogen and oxygen atoms in total. The molecule has 3 aromatic rings. The fourth-order valence-corrected chi connectivity index (χ4v) is 5.07. The standard InChI is InChI=1S/C24H19O4P.Li/c1-16-13-14-17-8-2-3-9-18(17)22(16)23(26)24(19-10-4-5-11-20(19)25)15-7-6-12-21(24)29(27)28;/h2-15,21,25H,1H3;/q;+1. The summed E-state index contributed by atoms with van der Waals surface area (Å²) >= 11 is 0. The Labute approximate surface area is 188 Å². The van der Waals surface area contributed by atoms with Gasteiger partial charge in [0.25, 0.3) is 0 Å². The van der Waals surface area contributed by atoms with E-state index in [2.05, 4.69) is 0 Å². The van der Waals surface area contributed by atoms with Gasteiger partial charge in [-0.25, -0.2) is 0 Å². The number of carbonyl (C=O) groups excluding carboxylic acids is 1. The zero-order valence-electron chi connectivity index (χ0n) is 16.8. The van der Waals surface area contributed by atoms with Gasteiger partial charge in [0.2, 0.25) is 0 Å². The molecule has 0 aliphatic heterocycles. The van der Waals surface area contributed by atoms with E-state index in [4.69, 9.17) is 0 Å². The number of phenolic OH excluding ortho intramolecular Hbond substituents is 1. The number of phenols is 1. The van der Waals surface area contributed by atoms with Crippen LogP contribution in [-0.2, 0) is 9.98 Å². The molecule has 6 heteroatoms. The van der Waals surface area contributed by atoms with Crippen molar-refractivity contribution >= 4 is 24.6 Å². The van der Waals surface area contributed by atoms with Crippen LogP contribution in [0.4, 0.5) is 0 Å². The molecule has 1 aliphatic carbocycles. The molecular formula is C24H19LiO4P+. The van der Waals surface area contributed by atoms with Gasteiger partial charge in [0.1, 0.15) is 11.2 Å². The average Bonchev–Trinajstić information content (AvgIpc) is 2.73. The van der Waals surface area contributed by atoms with Gasteiger partial charge in [-0.1, -0.05) is 77.4 Å². The molecule has 4 rings (SSSR count). The molecule has 3 aromatic carbocycles. The van der Waals surface area contributed by atoms with Crippen LogP contribution >= 0.6 is 8.03 Å². The van der Waals surface area contributed by atoms with E-state index >= 15 is 0 Å². The normalized spacial score (nSPS) is 20.6. The Morgan fingerprint density at radius 3 is 2.47 bits per heavy atom. The Hall–Kier alpha value is -2.47. The molecule has 3 unspecified atom stereocenters. The average molecular weight is 409 g/mol. The summed E-state index contributed by atoms with van der Waals surface area (Å²) in [5, 5.41) is 12.3. The zero-order valence-corrected chi connectivity index (χ0v) is 17.7. The first-order chi connectivity index (χ1) is 14.0. The molecule has 0 radical (unpaired) electrons. The van der Waals surface area contributed by atoms with E-state index in [1.54, 1.807) is 36.4 Å². The van der Waals surface area contributed by atoms with E-state index < -0.39 is 19.1 Å². The van der Waals surface area contributed by atoms with Crippen LogP contribution in [0.2, 0.25) is 0 Å². The number of hydrogen-bond donors (Lipinski definition) is 1. The van der Waals surface area contributed by atoms with Gasteiger partial charge in [-0.05, 0) is 35.4 Å². The number of allylic oxidation sites excluding steroid dienone is 4. The molecule has 3 atom stereocenters. The van der Waals surface area contributed by atoms with Crippen LogP contribution in [0.3, 0.4) is 0 Å². The number of aryl methyl sites for hydroxylation is 1. The molecule has 0 heterocycles. The predicted molar refractivity (Wildman–Crippen MR) is 112 cm³/mol. The van der Waals surface area contributed by atoms with Gasteiger partial charge < -0.3 is 10.00 Å². The summed E-state index contributed by atoms with van der Waals surface area (Å²) in [5.41, 5.74) is -1.16. The number of para-hydroxylation sites is 1. The van der Waals surface area contributed by atoms with Gasteiger partial charge in [0.15, 0.2) is 11.4 Å².